The van der Waals surface area contributed by atoms with Crippen molar-refractivity contribution in [1.82, 2.24) is 0 Å². The van der Waals surface area contributed by atoms with Crippen LogP contribution in [0.2, 0.25) is 0 Å². The summed E-state index contributed by atoms with van der Waals surface area (Å²) in [6.07, 6.45) is 6.23. The van der Waals surface area contributed by atoms with Gasteiger partial charge in [-0.25, -0.2) is 0 Å². The molecule has 0 bridgehead atoms. The Morgan fingerprint density at radius 2 is 2.23 bits per heavy atom. The number of carbonyl (C=O) groups excluding carboxylic acids is 1. The van der Waals surface area contributed by atoms with Crippen LogP contribution >= 0.6 is 15.9 Å². The van der Waals surface area contributed by atoms with Gasteiger partial charge in [0.05, 0.1) is 4.47 Å². The standard InChI is InChI=1S/C18H24BrNO2/c1-11(2)9-14-17-12(5-3-4-6-16(20)21)7-8-13(17)10-15(19)18(14)22/h10,12,22H,1,3-9H2,2H3,(H2,20,21). The molecule has 1 aliphatic rings. The summed E-state index contributed by atoms with van der Waals surface area (Å²) in [7, 11) is 0. The van der Waals surface area contributed by atoms with Crippen molar-refractivity contribution in [2.24, 2.45) is 5.73 Å². The van der Waals surface area contributed by atoms with Crippen LogP contribution in [-0.4, -0.2) is 11.0 Å². The fraction of sp³-hybridized carbons (Fsp3) is 0.500. The molecule has 3 nitrogen and oxygen atoms in total. The maximum Gasteiger partial charge on any atom is 0.217 e. The van der Waals surface area contributed by atoms with Gasteiger partial charge in [0.2, 0.25) is 5.91 Å². The lowest BCUT2D eigenvalue weighted by atomic mass is 9.88. The first kappa shape index (κ1) is 17.1. The summed E-state index contributed by atoms with van der Waals surface area (Å²) in [4.78, 5) is 10.8. The molecule has 0 aliphatic heterocycles. The molecule has 1 amide bonds. The molecule has 0 spiro atoms. The minimum Gasteiger partial charge on any atom is -0.506 e. The smallest absolute Gasteiger partial charge is 0.217 e. The second-order valence-corrected chi connectivity index (χ2v) is 7.19. The van der Waals surface area contributed by atoms with E-state index < -0.39 is 0 Å². The summed E-state index contributed by atoms with van der Waals surface area (Å²) in [5.74, 6) is 0.596. The van der Waals surface area contributed by atoms with Gasteiger partial charge in [-0.05, 0) is 78.1 Å². The number of aryl methyl sites for hydroxylation is 1. The molecular formula is C18H24BrNO2. The topological polar surface area (TPSA) is 63.3 Å². The average Bonchev–Trinajstić information content (AvgIpc) is 2.82. The van der Waals surface area contributed by atoms with E-state index in [-0.39, 0.29) is 5.91 Å². The zero-order valence-electron chi connectivity index (χ0n) is 13.1. The average molecular weight is 366 g/mol. The Morgan fingerprint density at radius 1 is 1.50 bits per heavy atom. The Bertz CT molecular complexity index is 595. The Kier molecular flexibility index (Phi) is 5.68. The fourth-order valence-electron chi connectivity index (χ4n) is 3.41. The number of benzene rings is 1. The van der Waals surface area contributed by atoms with Crippen molar-refractivity contribution in [3.8, 4) is 5.75 Å². The minimum atomic E-state index is -0.226. The number of carbonyl (C=O) groups is 1. The molecule has 0 aromatic heterocycles. The lowest BCUT2D eigenvalue weighted by Crippen LogP contribution is -2.09. The predicted octanol–water partition coefficient (Wildman–Crippen LogP) is 4.35. The van der Waals surface area contributed by atoms with E-state index in [0.29, 0.717) is 24.5 Å². The summed E-state index contributed by atoms with van der Waals surface area (Å²) in [6, 6.07) is 2.05. The van der Waals surface area contributed by atoms with Gasteiger partial charge < -0.3 is 10.8 Å². The minimum absolute atomic E-state index is 0.226. The number of allylic oxidation sites excluding steroid dienone is 1. The molecule has 120 valence electrons. The summed E-state index contributed by atoms with van der Waals surface area (Å²) >= 11 is 3.46. The van der Waals surface area contributed by atoms with E-state index >= 15 is 0 Å². The molecule has 0 fully saturated rings. The van der Waals surface area contributed by atoms with E-state index in [9.17, 15) is 9.90 Å². The number of primary amides is 1. The van der Waals surface area contributed by atoms with E-state index in [0.717, 1.165) is 47.7 Å². The van der Waals surface area contributed by atoms with E-state index in [1.807, 2.05) is 6.92 Å². The van der Waals surface area contributed by atoms with Crippen molar-refractivity contribution in [3.05, 3.63) is 39.4 Å². The number of halogens is 1. The highest BCUT2D eigenvalue weighted by Gasteiger charge is 2.28. The van der Waals surface area contributed by atoms with Gasteiger partial charge in [-0.1, -0.05) is 18.6 Å². The van der Waals surface area contributed by atoms with Gasteiger partial charge in [-0.3, -0.25) is 4.79 Å². The van der Waals surface area contributed by atoms with Crippen LogP contribution in [0.4, 0.5) is 0 Å². The normalized spacial score (nSPS) is 16.5. The predicted molar refractivity (Wildman–Crippen MR) is 93.0 cm³/mol. The first-order chi connectivity index (χ1) is 10.4. The zero-order valence-corrected chi connectivity index (χ0v) is 14.7. The second-order valence-electron chi connectivity index (χ2n) is 6.34. The van der Waals surface area contributed by atoms with Crippen LogP contribution in [0.1, 0.15) is 61.6 Å². The number of amides is 1. The molecule has 2 rings (SSSR count). The number of phenols is 1. The van der Waals surface area contributed by atoms with Gasteiger partial charge in [0, 0.05) is 12.0 Å². The Morgan fingerprint density at radius 3 is 2.86 bits per heavy atom. The molecule has 1 unspecified atom stereocenters. The molecule has 1 atom stereocenters. The van der Waals surface area contributed by atoms with Crippen molar-refractivity contribution < 1.29 is 9.90 Å². The van der Waals surface area contributed by atoms with Gasteiger partial charge in [-0.15, -0.1) is 0 Å². The van der Waals surface area contributed by atoms with Crippen LogP contribution in [-0.2, 0) is 17.6 Å². The number of hydrogen-bond acceptors (Lipinski definition) is 2. The lowest BCUT2D eigenvalue weighted by Gasteiger charge is -2.18. The second kappa shape index (κ2) is 7.32. The summed E-state index contributed by atoms with van der Waals surface area (Å²) in [5.41, 5.74) is 9.91. The summed E-state index contributed by atoms with van der Waals surface area (Å²) in [6.45, 7) is 5.98. The first-order valence-electron chi connectivity index (χ1n) is 7.86. The van der Waals surface area contributed by atoms with E-state index in [1.165, 1.54) is 11.1 Å². The number of hydrogen-bond donors (Lipinski definition) is 2. The Hall–Kier alpha value is -1.29. The maximum atomic E-state index is 10.8. The van der Waals surface area contributed by atoms with Gasteiger partial charge in [0.25, 0.3) is 0 Å². The third kappa shape index (κ3) is 3.92. The monoisotopic (exact) mass is 365 g/mol. The number of aromatic hydroxyl groups is 1. The molecule has 0 saturated carbocycles. The number of nitrogens with two attached hydrogens (primary N) is 1. The van der Waals surface area contributed by atoms with Crippen LogP contribution in [0.25, 0.3) is 0 Å². The molecular weight excluding hydrogens is 342 g/mol. The highest BCUT2D eigenvalue weighted by atomic mass is 79.9. The Labute approximate surface area is 140 Å². The zero-order chi connectivity index (χ0) is 16.3. The molecule has 3 N–H and O–H groups in total. The molecule has 0 heterocycles. The van der Waals surface area contributed by atoms with Gasteiger partial charge in [0.1, 0.15) is 5.75 Å². The van der Waals surface area contributed by atoms with Crippen LogP contribution < -0.4 is 5.73 Å². The Balaban J connectivity index is 2.19. The van der Waals surface area contributed by atoms with Crippen LogP contribution in [0.5, 0.6) is 5.75 Å². The third-order valence-electron chi connectivity index (χ3n) is 4.36. The van der Waals surface area contributed by atoms with Crippen LogP contribution in [0.15, 0.2) is 22.7 Å². The van der Waals surface area contributed by atoms with Crippen molar-refractivity contribution in [1.29, 1.82) is 0 Å². The molecule has 0 radical (unpaired) electrons. The largest absolute Gasteiger partial charge is 0.506 e. The molecule has 4 heteroatoms. The molecule has 22 heavy (non-hydrogen) atoms. The van der Waals surface area contributed by atoms with Crippen molar-refractivity contribution in [3.63, 3.8) is 0 Å². The molecule has 1 aromatic rings. The van der Waals surface area contributed by atoms with Crippen LogP contribution in [0, 0.1) is 0 Å². The van der Waals surface area contributed by atoms with Crippen molar-refractivity contribution in [2.75, 3.05) is 0 Å². The maximum absolute atomic E-state index is 10.8. The van der Waals surface area contributed by atoms with Gasteiger partial charge >= 0.3 is 0 Å². The van der Waals surface area contributed by atoms with Crippen molar-refractivity contribution in [2.45, 2.75) is 57.8 Å². The van der Waals surface area contributed by atoms with E-state index in [1.54, 1.807) is 0 Å². The highest BCUT2D eigenvalue weighted by Crippen LogP contribution is 2.45. The first-order valence-corrected chi connectivity index (χ1v) is 8.65. The third-order valence-corrected chi connectivity index (χ3v) is 4.96. The van der Waals surface area contributed by atoms with E-state index in [4.69, 9.17) is 5.73 Å². The molecule has 0 saturated heterocycles. The van der Waals surface area contributed by atoms with Gasteiger partial charge in [-0.2, -0.15) is 0 Å². The van der Waals surface area contributed by atoms with Crippen LogP contribution in [0.3, 0.4) is 0 Å². The fourth-order valence-corrected chi connectivity index (χ4v) is 3.93. The number of rotatable bonds is 7. The van der Waals surface area contributed by atoms with E-state index in [2.05, 4.69) is 28.6 Å². The number of unbranched alkanes of at least 4 members (excludes halogenated alkanes) is 1. The summed E-state index contributed by atoms with van der Waals surface area (Å²) < 4.78 is 0.775. The highest BCUT2D eigenvalue weighted by molar-refractivity contribution is 9.10. The number of phenolic OH excluding ortho intramolecular Hbond substituents is 1. The molecule has 1 aromatic carbocycles. The van der Waals surface area contributed by atoms with Crippen molar-refractivity contribution >= 4 is 21.8 Å². The quantitative estimate of drug-likeness (QED) is 0.557. The number of fused-ring (bicyclic) bond motifs is 1. The lowest BCUT2D eigenvalue weighted by molar-refractivity contribution is -0.118. The molecule has 1 aliphatic carbocycles. The summed E-state index contributed by atoms with van der Waals surface area (Å²) in [5, 5.41) is 10.4. The SMILES string of the molecule is C=C(C)Cc1c(O)c(Br)cc2c1C(CCCCC(N)=O)CC2. The van der Waals surface area contributed by atoms with Gasteiger partial charge in [0.15, 0.2) is 0 Å².